The number of ether oxygens (including phenoxy) is 2. The van der Waals surface area contributed by atoms with E-state index in [-0.39, 0.29) is 40.2 Å². The molecule has 0 unspecified atom stereocenters. The molecule has 0 saturated heterocycles. The van der Waals surface area contributed by atoms with Gasteiger partial charge in [0.2, 0.25) is 11.8 Å². The van der Waals surface area contributed by atoms with Gasteiger partial charge in [-0.25, -0.2) is 8.42 Å². The van der Waals surface area contributed by atoms with Gasteiger partial charge in [-0.1, -0.05) is 79.2 Å². The Hall–Kier alpha value is -4.54. The number of hydrogen-bond acceptors (Lipinski definition) is 6. The van der Waals surface area contributed by atoms with Crippen LogP contribution in [-0.2, 0) is 32.6 Å². The third-order valence-corrected chi connectivity index (χ3v) is 9.34. The second kappa shape index (κ2) is 16.1. The number of nitrogens with one attached hydrogen (secondary N) is 1. The van der Waals surface area contributed by atoms with Crippen LogP contribution in [0.5, 0.6) is 11.5 Å². The SMILES string of the molecule is CCCNC(=O)[C@H](Cc1ccccc1)N(Cc1cccc(OC)c1)C(=O)CN(c1cc(Cl)ccc1OC)S(=O)(=O)c1ccccc1. The summed E-state index contributed by atoms with van der Waals surface area (Å²) in [4.78, 5) is 29.8. The normalized spacial score (nSPS) is 11.7. The van der Waals surface area contributed by atoms with E-state index in [1.807, 2.05) is 43.3 Å². The van der Waals surface area contributed by atoms with Crippen molar-refractivity contribution in [1.82, 2.24) is 10.2 Å². The predicted octanol–water partition coefficient (Wildman–Crippen LogP) is 5.72. The fourth-order valence-electron chi connectivity index (χ4n) is 4.98. The Labute approximate surface area is 275 Å². The van der Waals surface area contributed by atoms with Crippen molar-refractivity contribution < 1.29 is 27.5 Å². The van der Waals surface area contributed by atoms with Gasteiger partial charge in [0, 0.05) is 24.5 Å². The van der Waals surface area contributed by atoms with Gasteiger partial charge in [0.25, 0.3) is 10.0 Å². The lowest BCUT2D eigenvalue weighted by Gasteiger charge is -2.34. The van der Waals surface area contributed by atoms with Crippen LogP contribution < -0.4 is 19.1 Å². The molecule has 46 heavy (non-hydrogen) atoms. The summed E-state index contributed by atoms with van der Waals surface area (Å²) in [6.07, 6.45) is 0.906. The van der Waals surface area contributed by atoms with Crippen molar-refractivity contribution in [3.05, 3.63) is 119 Å². The summed E-state index contributed by atoms with van der Waals surface area (Å²) in [6.45, 7) is 1.74. The molecule has 0 aliphatic carbocycles. The molecule has 0 aromatic heterocycles. The standard InChI is InChI=1S/C35H38ClN3O6S/c1-4-20-37-35(41)32(22-26-12-7-5-8-13-26)38(24-27-14-11-15-29(21-27)44-2)34(40)25-39(31-23-28(36)18-19-33(31)45-3)46(42,43)30-16-9-6-10-17-30/h5-19,21,23,32H,4,20,22,24-25H2,1-3H3,(H,37,41)/t32-/m0/s1. The van der Waals surface area contributed by atoms with Crippen molar-refractivity contribution in [2.75, 3.05) is 31.6 Å². The van der Waals surface area contributed by atoms with Crippen LogP contribution >= 0.6 is 11.6 Å². The smallest absolute Gasteiger partial charge is 0.264 e. The molecule has 0 fully saturated rings. The summed E-state index contributed by atoms with van der Waals surface area (Å²) in [7, 11) is -1.36. The molecule has 242 valence electrons. The highest BCUT2D eigenvalue weighted by Gasteiger charge is 2.35. The minimum atomic E-state index is -4.31. The zero-order chi connectivity index (χ0) is 33.1. The van der Waals surface area contributed by atoms with Gasteiger partial charge in [0.05, 0.1) is 24.8 Å². The van der Waals surface area contributed by atoms with Gasteiger partial charge in [-0.15, -0.1) is 0 Å². The highest BCUT2D eigenvalue weighted by atomic mass is 35.5. The first kappa shape index (κ1) is 34.3. The number of hydrogen-bond donors (Lipinski definition) is 1. The molecule has 2 amide bonds. The monoisotopic (exact) mass is 663 g/mol. The Morgan fingerprint density at radius 1 is 0.848 bits per heavy atom. The van der Waals surface area contributed by atoms with E-state index in [1.165, 1.54) is 30.2 Å². The molecule has 4 aromatic rings. The molecule has 0 aliphatic rings. The first-order valence-corrected chi connectivity index (χ1v) is 16.6. The van der Waals surface area contributed by atoms with Gasteiger partial charge >= 0.3 is 0 Å². The molecule has 1 N–H and O–H groups in total. The minimum absolute atomic E-state index is 0.0129. The van der Waals surface area contributed by atoms with Crippen molar-refractivity contribution in [3.63, 3.8) is 0 Å². The van der Waals surface area contributed by atoms with E-state index in [0.717, 1.165) is 9.87 Å². The van der Waals surface area contributed by atoms with Crippen LogP contribution in [0.2, 0.25) is 5.02 Å². The Balaban J connectivity index is 1.85. The molecule has 0 heterocycles. The van der Waals surface area contributed by atoms with E-state index in [1.54, 1.807) is 55.6 Å². The number of benzene rings is 4. The number of carbonyl (C=O) groups is 2. The maximum Gasteiger partial charge on any atom is 0.264 e. The lowest BCUT2D eigenvalue weighted by molar-refractivity contribution is -0.140. The quantitative estimate of drug-likeness (QED) is 0.175. The molecule has 1 atom stereocenters. The van der Waals surface area contributed by atoms with Crippen LogP contribution in [-0.4, -0.2) is 58.5 Å². The molecular formula is C35H38ClN3O6S. The van der Waals surface area contributed by atoms with Crippen molar-refractivity contribution >= 4 is 39.1 Å². The number of methoxy groups -OCH3 is 2. The van der Waals surface area contributed by atoms with E-state index >= 15 is 0 Å². The van der Waals surface area contributed by atoms with Gasteiger partial charge in [0.1, 0.15) is 24.1 Å². The average Bonchev–Trinajstić information content (AvgIpc) is 3.08. The summed E-state index contributed by atoms with van der Waals surface area (Å²) in [6, 6.07) is 28.0. The largest absolute Gasteiger partial charge is 0.497 e. The summed E-state index contributed by atoms with van der Waals surface area (Å²) in [5, 5.41) is 3.19. The number of rotatable bonds is 15. The third-order valence-electron chi connectivity index (χ3n) is 7.33. The van der Waals surface area contributed by atoms with Crippen molar-refractivity contribution in [1.29, 1.82) is 0 Å². The van der Waals surface area contributed by atoms with Gasteiger partial charge in [-0.2, -0.15) is 0 Å². The maximum absolute atomic E-state index is 14.6. The average molecular weight is 664 g/mol. The molecule has 9 nitrogen and oxygen atoms in total. The minimum Gasteiger partial charge on any atom is -0.497 e. The second-order valence-corrected chi connectivity index (χ2v) is 12.8. The zero-order valence-electron chi connectivity index (χ0n) is 26.1. The predicted molar refractivity (Wildman–Crippen MR) is 180 cm³/mol. The molecule has 0 bridgehead atoms. The third kappa shape index (κ3) is 8.58. The molecular weight excluding hydrogens is 626 g/mol. The molecule has 0 spiro atoms. The highest BCUT2D eigenvalue weighted by molar-refractivity contribution is 7.92. The number of anilines is 1. The van der Waals surface area contributed by atoms with Crippen molar-refractivity contribution in [2.24, 2.45) is 0 Å². The first-order valence-electron chi connectivity index (χ1n) is 14.8. The lowest BCUT2D eigenvalue weighted by atomic mass is 10.0. The van der Waals surface area contributed by atoms with Crippen LogP contribution in [0.4, 0.5) is 5.69 Å². The Bertz CT molecular complexity index is 1720. The molecule has 11 heteroatoms. The van der Waals surface area contributed by atoms with Gasteiger partial charge in [0.15, 0.2) is 0 Å². The maximum atomic E-state index is 14.6. The van der Waals surface area contributed by atoms with E-state index < -0.39 is 28.5 Å². The summed E-state index contributed by atoms with van der Waals surface area (Å²) < 4.78 is 40.3. The van der Waals surface area contributed by atoms with Gasteiger partial charge in [-0.05, 0) is 60.0 Å². The van der Waals surface area contributed by atoms with Gasteiger partial charge < -0.3 is 19.7 Å². The molecule has 0 radical (unpaired) electrons. The fraction of sp³-hybridized carbons (Fsp3) is 0.257. The van der Waals surface area contributed by atoms with Crippen molar-refractivity contribution in [3.8, 4) is 11.5 Å². The summed E-state index contributed by atoms with van der Waals surface area (Å²) in [5.41, 5.74) is 1.63. The van der Waals surface area contributed by atoms with Crippen LogP contribution in [0.1, 0.15) is 24.5 Å². The van der Waals surface area contributed by atoms with Crippen LogP contribution in [0.15, 0.2) is 108 Å². The number of nitrogens with zero attached hydrogens (tertiary/aromatic N) is 2. The number of halogens is 1. The Morgan fingerprint density at radius 2 is 1.52 bits per heavy atom. The van der Waals surface area contributed by atoms with Crippen LogP contribution in [0, 0.1) is 0 Å². The molecule has 4 rings (SSSR count). The molecule has 4 aromatic carbocycles. The molecule has 0 aliphatic heterocycles. The first-order chi connectivity index (χ1) is 22.2. The summed E-state index contributed by atoms with van der Waals surface area (Å²) >= 11 is 6.34. The van der Waals surface area contributed by atoms with E-state index in [2.05, 4.69) is 5.32 Å². The number of carbonyl (C=O) groups excluding carboxylic acids is 2. The van der Waals surface area contributed by atoms with E-state index in [0.29, 0.717) is 24.3 Å². The fourth-order valence-corrected chi connectivity index (χ4v) is 6.58. The lowest BCUT2D eigenvalue weighted by Crippen LogP contribution is -2.53. The topological polar surface area (TPSA) is 105 Å². The summed E-state index contributed by atoms with van der Waals surface area (Å²) in [5.74, 6) is -0.161. The zero-order valence-corrected chi connectivity index (χ0v) is 27.6. The van der Waals surface area contributed by atoms with Crippen LogP contribution in [0.3, 0.4) is 0 Å². The Kier molecular flexibility index (Phi) is 12.1. The van der Waals surface area contributed by atoms with Crippen molar-refractivity contribution in [2.45, 2.75) is 37.2 Å². The Morgan fingerprint density at radius 3 is 2.17 bits per heavy atom. The van der Waals surface area contributed by atoms with Gasteiger partial charge in [-0.3, -0.25) is 13.9 Å². The highest BCUT2D eigenvalue weighted by Crippen LogP contribution is 2.35. The van der Waals surface area contributed by atoms with E-state index in [4.69, 9.17) is 21.1 Å². The van der Waals surface area contributed by atoms with E-state index in [9.17, 15) is 18.0 Å². The number of amides is 2. The number of sulfonamides is 1. The molecule has 0 saturated carbocycles. The second-order valence-electron chi connectivity index (χ2n) is 10.5. The van der Waals surface area contributed by atoms with Crippen LogP contribution in [0.25, 0.3) is 0 Å².